The van der Waals surface area contributed by atoms with Crippen molar-refractivity contribution in [2.75, 3.05) is 19.0 Å². The Morgan fingerprint density at radius 2 is 1.74 bits per heavy atom. The molecule has 0 spiro atoms. The molecule has 0 atom stereocenters. The fourth-order valence-corrected chi connectivity index (χ4v) is 3.79. The second-order valence-corrected chi connectivity index (χ2v) is 7.95. The van der Waals surface area contributed by atoms with Gasteiger partial charge in [0.05, 0.1) is 5.57 Å². The third-order valence-corrected chi connectivity index (χ3v) is 5.56. The third-order valence-electron chi connectivity index (χ3n) is 4.53. The zero-order valence-corrected chi connectivity index (χ0v) is 20.6. The van der Waals surface area contributed by atoms with Gasteiger partial charge in [0, 0.05) is 5.75 Å². The van der Waals surface area contributed by atoms with Crippen molar-refractivity contribution in [3.63, 3.8) is 0 Å². The molecule has 5 heteroatoms. The normalized spacial score (nSPS) is 11.1. The first-order valence-corrected chi connectivity index (χ1v) is 12.6. The van der Waals surface area contributed by atoms with Gasteiger partial charge in [0.15, 0.2) is 0 Å². The zero-order valence-electron chi connectivity index (χ0n) is 19.8. The molecule has 0 radical (unpaired) electrons. The quantitative estimate of drug-likeness (QED) is 0.0704. The molecule has 1 aromatic carbocycles. The molecule has 1 N–H and O–H groups in total. The maximum Gasteiger partial charge on any atom is 0.342 e. The lowest BCUT2D eigenvalue weighted by Crippen LogP contribution is -2.22. The lowest BCUT2D eigenvalue weighted by molar-refractivity contribution is -0.139. The number of rotatable bonds is 17. The number of esters is 1. The second kappa shape index (κ2) is 21.4. The van der Waals surface area contributed by atoms with Gasteiger partial charge < -0.3 is 4.74 Å². The van der Waals surface area contributed by atoms with Gasteiger partial charge in [-0.05, 0) is 31.7 Å². The minimum atomic E-state index is -0.415. The summed E-state index contributed by atoms with van der Waals surface area (Å²) in [7, 11) is 0. The maximum absolute atomic E-state index is 12.4. The van der Waals surface area contributed by atoms with E-state index < -0.39 is 5.97 Å². The molecule has 4 nitrogen and oxygen atoms in total. The topological polar surface area (TPSA) is 50.7 Å². The SMILES string of the molecule is C=C/C(C(=O)OCNCCCCCCCCC)=C(/N=C)SCCc1ccccc1.CC. The van der Waals surface area contributed by atoms with Crippen LogP contribution < -0.4 is 5.32 Å². The summed E-state index contributed by atoms with van der Waals surface area (Å²) < 4.78 is 5.32. The second-order valence-electron chi connectivity index (χ2n) is 6.86. The Hall–Kier alpha value is -1.85. The van der Waals surface area contributed by atoms with Crippen LogP contribution >= 0.6 is 11.8 Å². The standard InChI is InChI=1S/C24H36N2O2S.C2H6/c1-4-6-7-8-9-10-14-18-26-20-28-24(27)22(5-2)23(25-3)29-19-17-21-15-12-11-13-16-21;1-2/h5,11-13,15-16,26H,2-4,6-10,14,17-20H2,1H3;1-2H3/b23-22+;. The third kappa shape index (κ3) is 14.7. The summed E-state index contributed by atoms with van der Waals surface area (Å²) in [5.41, 5.74) is 1.62. The molecular weight excluding hydrogens is 404 g/mol. The van der Waals surface area contributed by atoms with Crippen molar-refractivity contribution in [1.29, 1.82) is 0 Å². The Balaban J connectivity index is 0.00000436. The molecule has 1 rings (SSSR count). The highest BCUT2D eigenvalue weighted by Gasteiger charge is 2.14. The Bertz CT molecular complexity index is 630. The lowest BCUT2D eigenvalue weighted by Gasteiger charge is -2.10. The molecule has 0 bridgehead atoms. The summed E-state index contributed by atoms with van der Waals surface area (Å²) in [6.45, 7) is 14.6. The Morgan fingerprint density at radius 1 is 1.10 bits per heavy atom. The van der Waals surface area contributed by atoms with E-state index >= 15 is 0 Å². The summed E-state index contributed by atoms with van der Waals surface area (Å²) in [5, 5.41) is 3.73. The number of hydrogen-bond donors (Lipinski definition) is 1. The van der Waals surface area contributed by atoms with Gasteiger partial charge in [-0.25, -0.2) is 4.79 Å². The van der Waals surface area contributed by atoms with Gasteiger partial charge in [-0.3, -0.25) is 10.3 Å². The number of unbranched alkanes of at least 4 members (excludes halogenated alkanes) is 6. The van der Waals surface area contributed by atoms with Crippen LogP contribution in [-0.4, -0.2) is 31.7 Å². The molecule has 0 fully saturated rings. The average Bonchev–Trinajstić information content (AvgIpc) is 2.81. The van der Waals surface area contributed by atoms with Gasteiger partial charge in [0.2, 0.25) is 0 Å². The van der Waals surface area contributed by atoms with Gasteiger partial charge in [-0.2, -0.15) is 0 Å². The van der Waals surface area contributed by atoms with E-state index in [1.165, 1.54) is 61.9 Å². The number of nitrogens with zero attached hydrogens (tertiary/aromatic N) is 1. The highest BCUT2D eigenvalue weighted by Crippen LogP contribution is 2.23. The fourth-order valence-electron chi connectivity index (χ4n) is 2.85. The van der Waals surface area contributed by atoms with Crippen molar-refractivity contribution in [3.05, 3.63) is 59.2 Å². The summed E-state index contributed by atoms with van der Waals surface area (Å²) in [6, 6.07) is 10.2. The molecule has 0 saturated carbocycles. The van der Waals surface area contributed by atoms with E-state index in [1.807, 2.05) is 32.0 Å². The smallest absolute Gasteiger partial charge is 0.342 e. The van der Waals surface area contributed by atoms with Gasteiger partial charge >= 0.3 is 5.97 Å². The van der Waals surface area contributed by atoms with Crippen molar-refractivity contribution in [2.24, 2.45) is 4.99 Å². The highest BCUT2D eigenvalue weighted by molar-refractivity contribution is 8.03. The van der Waals surface area contributed by atoms with Crippen molar-refractivity contribution < 1.29 is 9.53 Å². The summed E-state index contributed by atoms with van der Waals surface area (Å²) >= 11 is 1.49. The van der Waals surface area contributed by atoms with Gasteiger partial charge in [0.1, 0.15) is 11.8 Å². The van der Waals surface area contributed by atoms with Crippen LogP contribution in [0.3, 0.4) is 0 Å². The average molecular weight is 447 g/mol. The minimum absolute atomic E-state index is 0.200. The summed E-state index contributed by atoms with van der Waals surface area (Å²) in [6.07, 6.45) is 11.2. The fraction of sp³-hybridized carbons (Fsp3) is 0.538. The number of carbonyl (C=O) groups excluding carboxylic acids is 1. The molecule has 0 aliphatic heterocycles. The van der Waals surface area contributed by atoms with Crippen molar-refractivity contribution >= 4 is 24.4 Å². The molecule has 0 heterocycles. The van der Waals surface area contributed by atoms with Crippen LogP contribution in [0.2, 0.25) is 0 Å². The van der Waals surface area contributed by atoms with E-state index in [4.69, 9.17) is 4.74 Å². The lowest BCUT2D eigenvalue weighted by atomic mass is 10.1. The van der Waals surface area contributed by atoms with Gasteiger partial charge in [0.25, 0.3) is 0 Å². The van der Waals surface area contributed by atoms with E-state index in [0.29, 0.717) is 10.6 Å². The van der Waals surface area contributed by atoms with Crippen LogP contribution in [-0.2, 0) is 16.0 Å². The Kier molecular flexibility index (Phi) is 20.1. The van der Waals surface area contributed by atoms with Crippen molar-refractivity contribution in [1.82, 2.24) is 5.32 Å². The molecule has 0 aliphatic carbocycles. The first-order chi connectivity index (χ1) is 15.2. The Labute approximate surface area is 194 Å². The van der Waals surface area contributed by atoms with E-state index in [9.17, 15) is 4.79 Å². The molecule has 0 unspecified atom stereocenters. The van der Waals surface area contributed by atoms with Gasteiger partial charge in [-0.15, -0.1) is 11.8 Å². The monoisotopic (exact) mass is 446 g/mol. The number of aryl methyl sites for hydroxylation is 1. The largest absolute Gasteiger partial charge is 0.446 e. The number of carbonyl (C=O) groups is 1. The van der Waals surface area contributed by atoms with Crippen molar-refractivity contribution in [2.45, 2.75) is 72.1 Å². The molecule has 0 aliphatic rings. The molecular formula is C26H42N2O2S. The molecule has 1 aromatic rings. The predicted molar refractivity (Wildman–Crippen MR) is 138 cm³/mol. The van der Waals surface area contributed by atoms with Crippen LogP contribution in [0.25, 0.3) is 0 Å². The molecule has 0 aromatic heterocycles. The van der Waals surface area contributed by atoms with E-state index in [2.05, 4.69) is 42.7 Å². The molecule has 174 valence electrons. The number of thioether (sulfide) groups is 1. The van der Waals surface area contributed by atoms with E-state index in [-0.39, 0.29) is 6.73 Å². The maximum atomic E-state index is 12.4. The molecule has 31 heavy (non-hydrogen) atoms. The first-order valence-electron chi connectivity index (χ1n) is 11.6. The minimum Gasteiger partial charge on any atom is -0.446 e. The Morgan fingerprint density at radius 3 is 2.35 bits per heavy atom. The summed E-state index contributed by atoms with van der Waals surface area (Å²) in [5.74, 6) is 0.390. The van der Waals surface area contributed by atoms with Crippen LogP contribution in [0, 0.1) is 0 Å². The van der Waals surface area contributed by atoms with Gasteiger partial charge in [-0.1, -0.05) is 102 Å². The number of hydrogen-bond acceptors (Lipinski definition) is 5. The number of aliphatic imine (C=N–C) groups is 1. The van der Waals surface area contributed by atoms with Crippen LogP contribution in [0.4, 0.5) is 0 Å². The van der Waals surface area contributed by atoms with Crippen LogP contribution in [0.1, 0.15) is 71.3 Å². The number of benzene rings is 1. The molecule has 0 amide bonds. The zero-order chi connectivity index (χ0) is 23.2. The van der Waals surface area contributed by atoms with Crippen molar-refractivity contribution in [3.8, 4) is 0 Å². The number of nitrogens with one attached hydrogen (secondary N) is 1. The predicted octanol–water partition coefficient (Wildman–Crippen LogP) is 6.93. The number of ether oxygens (including phenoxy) is 1. The first kappa shape index (κ1) is 29.1. The van der Waals surface area contributed by atoms with Crippen LogP contribution in [0.5, 0.6) is 0 Å². The highest BCUT2D eigenvalue weighted by atomic mass is 32.2. The summed E-state index contributed by atoms with van der Waals surface area (Å²) in [4.78, 5) is 16.4. The van der Waals surface area contributed by atoms with E-state index in [1.54, 1.807) is 0 Å². The van der Waals surface area contributed by atoms with Crippen LogP contribution in [0.15, 0.2) is 58.6 Å². The van der Waals surface area contributed by atoms with E-state index in [0.717, 1.165) is 25.1 Å². The molecule has 0 saturated heterocycles.